The van der Waals surface area contributed by atoms with Crippen molar-refractivity contribution in [2.24, 2.45) is 5.41 Å². The molecule has 1 amide bonds. The van der Waals surface area contributed by atoms with E-state index in [4.69, 9.17) is 16.3 Å². The number of halogens is 1. The Balaban J connectivity index is 1.10. The van der Waals surface area contributed by atoms with E-state index >= 15 is 0 Å². The van der Waals surface area contributed by atoms with E-state index in [0.717, 1.165) is 56.9 Å². The zero-order valence-electron chi connectivity index (χ0n) is 18.8. The van der Waals surface area contributed by atoms with Gasteiger partial charge in [0.25, 0.3) is 5.91 Å². The Morgan fingerprint density at radius 1 is 0.879 bits per heavy atom. The molecule has 0 atom stereocenters. The second-order valence-corrected chi connectivity index (χ2v) is 9.80. The molecule has 0 saturated carbocycles. The van der Waals surface area contributed by atoms with Crippen LogP contribution in [0.25, 0.3) is 0 Å². The molecule has 1 spiro atoms. The van der Waals surface area contributed by atoms with Crippen molar-refractivity contribution >= 4 is 17.5 Å². The van der Waals surface area contributed by atoms with Gasteiger partial charge < -0.3 is 9.64 Å². The fourth-order valence-corrected chi connectivity index (χ4v) is 5.04. The van der Waals surface area contributed by atoms with E-state index in [9.17, 15) is 4.79 Å². The topological polar surface area (TPSA) is 32.8 Å². The van der Waals surface area contributed by atoms with Gasteiger partial charge in [0, 0.05) is 35.6 Å². The van der Waals surface area contributed by atoms with Crippen LogP contribution in [-0.4, -0.2) is 41.9 Å². The molecular formula is C28H29ClN2O2. The predicted molar refractivity (Wildman–Crippen MR) is 132 cm³/mol. The molecule has 5 heteroatoms. The molecule has 0 radical (unpaired) electrons. The Hall–Kier alpha value is -2.82. The van der Waals surface area contributed by atoms with Gasteiger partial charge in [-0.3, -0.25) is 9.69 Å². The van der Waals surface area contributed by atoms with Crippen LogP contribution in [0.4, 0.5) is 0 Å². The first-order valence-corrected chi connectivity index (χ1v) is 12.0. The summed E-state index contributed by atoms with van der Waals surface area (Å²) in [4.78, 5) is 17.2. The monoisotopic (exact) mass is 460 g/mol. The third kappa shape index (κ3) is 5.23. The summed E-state index contributed by atoms with van der Waals surface area (Å²) in [6, 6.07) is 25.9. The molecule has 5 rings (SSSR count). The van der Waals surface area contributed by atoms with Gasteiger partial charge in [-0.05, 0) is 73.5 Å². The van der Waals surface area contributed by atoms with Crippen molar-refractivity contribution < 1.29 is 9.53 Å². The number of nitrogens with zero attached hydrogens (tertiary/aromatic N) is 2. The largest absolute Gasteiger partial charge is 0.489 e. The van der Waals surface area contributed by atoms with Crippen LogP contribution in [0.3, 0.4) is 0 Å². The van der Waals surface area contributed by atoms with E-state index in [2.05, 4.69) is 35.2 Å². The van der Waals surface area contributed by atoms with Crippen molar-refractivity contribution in [3.8, 4) is 5.75 Å². The Kier molecular flexibility index (Phi) is 6.39. The minimum atomic E-state index is 0.118. The van der Waals surface area contributed by atoms with Crippen LogP contribution < -0.4 is 4.74 Å². The zero-order chi connectivity index (χ0) is 22.7. The molecule has 33 heavy (non-hydrogen) atoms. The maximum absolute atomic E-state index is 12.7. The number of likely N-dealkylation sites (tertiary alicyclic amines) is 2. The normalized spacial score (nSPS) is 17.5. The van der Waals surface area contributed by atoms with Crippen molar-refractivity contribution in [2.75, 3.05) is 26.2 Å². The van der Waals surface area contributed by atoms with E-state index < -0.39 is 0 Å². The quantitative estimate of drug-likeness (QED) is 0.476. The van der Waals surface area contributed by atoms with Crippen LogP contribution in [0.2, 0.25) is 5.02 Å². The average Bonchev–Trinajstić information content (AvgIpc) is 2.83. The molecule has 0 unspecified atom stereocenters. The predicted octanol–water partition coefficient (Wildman–Crippen LogP) is 5.66. The van der Waals surface area contributed by atoms with E-state index in [1.807, 2.05) is 41.3 Å². The summed E-state index contributed by atoms with van der Waals surface area (Å²) in [5.41, 5.74) is 3.47. The highest BCUT2D eigenvalue weighted by Gasteiger charge is 2.46. The van der Waals surface area contributed by atoms with Gasteiger partial charge in [0.2, 0.25) is 0 Å². The van der Waals surface area contributed by atoms with Crippen LogP contribution in [0.5, 0.6) is 5.75 Å². The minimum absolute atomic E-state index is 0.118. The lowest BCUT2D eigenvalue weighted by Crippen LogP contribution is -2.61. The molecule has 170 valence electrons. The van der Waals surface area contributed by atoms with Gasteiger partial charge in [0.05, 0.1) is 0 Å². The first-order valence-electron chi connectivity index (χ1n) is 11.6. The van der Waals surface area contributed by atoms with Crippen LogP contribution >= 0.6 is 11.6 Å². The molecule has 0 aromatic heterocycles. The summed E-state index contributed by atoms with van der Waals surface area (Å²) in [7, 11) is 0. The number of carbonyl (C=O) groups is 1. The summed E-state index contributed by atoms with van der Waals surface area (Å²) in [5.74, 6) is 1.03. The number of hydrogen-bond donors (Lipinski definition) is 0. The number of hydrogen-bond acceptors (Lipinski definition) is 3. The number of carbonyl (C=O) groups excluding carboxylic acids is 1. The Bertz CT molecular complexity index is 1080. The summed E-state index contributed by atoms with van der Waals surface area (Å²) >= 11 is 5.95. The van der Waals surface area contributed by atoms with Crippen molar-refractivity contribution in [3.05, 3.63) is 101 Å². The van der Waals surface area contributed by atoms with Gasteiger partial charge in [0.1, 0.15) is 12.4 Å². The highest BCUT2D eigenvalue weighted by atomic mass is 35.5. The minimum Gasteiger partial charge on any atom is -0.489 e. The Morgan fingerprint density at radius 2 is 1.58 bits per heavy atom. The van der Waals surface area contributed by atoms with Crippen LogP contribution in [0.15, 0.2) is 78.9 Å². The fourth-order valence-electron chi connectivity index (χ4n) is 4.92. The van der Waals surface area contributed by atoms with Crippen molar-refractivity contribution in [1.29, 1.82) is 0 Å². The smallest absolute Gasteiger partial charge is 0.253 e. The number of piperidine rings is 1. The molecule has 2 aliphatic rings. The molecule has 2 heterocycles. The molecule has 0 N–H and O–H groups in total. The molecule has 2 fully saturated rings. The SMILES string of the molecule is O=C(c1ccc(Cl)cc1)N1CC2(CCN(Cc3cccc(OCc4ccccc4)c3)CC2)C1. The molecule has 2 aliphatic heterocycles. The van der Waals surface area contributed by atoms with E-state index in [-0.39, 0.29) is 5.91 Å². The van der Waals surface area contributed by atoms with E-state index in [1.165, 1.54) is 11.1 Å². The first-order chi connectivity index (χ1) is 16.1. The summed E-state index contributed by atoms with van der Waals surface area (Å²) in [5, 5.41) is 0.660. The standard InChI is InChI=1S/C28H29ClN2O2/c29-25-11-9-24(10-12-25)27(32)31-20-28(21-31)13-15-30(16-14-28)18-23-7-4-8-26(17-23)33-19-22-5-2-1-3-6-22/h1-12,17H,13-16,18-21H2. The maximum atomic E-state index is 12.7. The Labute approximate surface area is 200 Å². The van der Waals surface area contributed by atoms with Crippen LogP contribution in [0, 0.1) is 5.41 Å². The van der Waals surface area contributed by atoms with Gasteiger partial charge in [-0.1, -0.05) is 54.1 Å². The van der Waals surface area contributed by atoms with Gasteiger partial charge in [-0.25, -0.2) is 0 Å². The molecule has 4 nitrogen and oxygen atoms in total. The van der Waals surface area contributed by atoms with Gasteiger partial charge >= 0.3 is 0 Å². The summed E-state index contributed by atoms with van der Waals surface area (Å²) < 4.78 is 6.00. The van der Waals surface area contributed by atoms with Crippen molar-refractivity contribution in [2.45, 2.75) is 26.0 Å². The van der Waals surface area contributed by atoms with Gasteiger partial charge in [-0.2, -0.15) is 0 Å². The maximum Gasteiger partial charge on any atom is 0.253 e. The molecule has 2 saturated heterocycles. The molecule has 3 aromatic rings. The van der Waals surface area contributed by atoms with Gasteiger partial charge in [0.15, 0.2) is 0 Å². The highest BCUT2D eigenvalue weighted by molar-refractivity contribution is 6.30. The fraction of sp³-hybridized carbons (Fsp3) is 0.321. The average molecular weight is 461 g/mol. The van der Waals surface area contributed by atoms with Crippen molar-refractivity contribution in [3.63, 3.8) is 0 Å². The molecule has 0 bridgehead atoms. The van der Waals surface area contributed by atoms with Crippen LogP contribution in [0.1, 0.15) is 34.3 Å². The molecule has 3 aromatic carbocycles. The number of rotatable bonds is 6. The lowest BCUT2D eigenvalue weighted by molar-refractivity contribution is -0.0336. The second kappa shape index (κ2) is 9.58. The summed E-state index contributed by atoms with van der Waals surface area (Å²) in [6.45, 7) is 5.39. The third-order valence-electron chi connectivity index (χ3n) is 6.90. The third-order valence-corrected chi connectivity index (χ3v) is 7.15. The first kappa shape index (κ1) is 22.0. The second-order valence-electron chi connectivity index (χ2n) is 9.37. The number of ether oxygens (including phenoxy) is 1. The van der Waals surface area contributed by atoms with Crippen molar-refractivity contribution in [1.82, 2.24) is 9.80 Å². The lowest BCUT2D eigenvalue weighted by Gasteiger charge is -2.54. The number of benzene rings is 3. The van der Waals surface area contributed by atoms with Crippen LogP contribution in [-0.2, 0) is 13.2 Å². The zero-order valence-corrected chi connectivity index (χ0v) is 19.5. The van der Waals surface area contributed by atoms with E-state index in [1.54, 1.807) is 12.1 Å². The lowest BCUT2D eigenvalue weighted by atomic mass is 9.71. The Morgan fingerprint density at radius 3 is 2.30 bits per heavy atom. The van der Waals surface area contributed by atoms with E-state index in [0.29, 0.717) is 17.0 Å². The molecule has 0 aliphatic carbocycles. The summed E-state index contributed by atoms with van der Waals surface area (Å²) in [6.07, 6.45) is 2.28. The number of amides is 1. The highest BCUT2D eigenvalue weighted by Crippen LogP contribution is 2.41. The molecular weight excluding hydrogens is 432 g/mol. The van der Waals surface area contributed by atoms with Gasteiger partial charge in [-0.15, -0.1) is 0 Å².